The maximum atomic E-state index is 2.41. The lowest BCUT2D eigenvalue weighted by Gasteiger charge is -2.13. The molecule has 0 nitrogen and oxygen atoms in total. The molecule has 0 saturated heterocycles. The molecule has 0 aromatic carbocycles. The van der Waals surface area contributed by atoms with E-state index in [-0.39, 0.29) is 0 Å². The van der Waals surface area contributed by atoms with Gasteiger partial charge in [0, 0.05) is 38.7 Å². The van der Waals surface area contributed by atoms with Gasteiger partial charge in [-0.15, -0.1) is 45.3 Å². The standard InChI is InChI=1S/C20H16S4/c1-9-7-11-3-5-13-17(15(11)21-9)23-20-14-6-4-12-8-10(2)22-16(12)18(14)24-19(13)20/h7-8H,3-6H2,1-2H3. The summed E-state index contributed by atoms with van der Waals surface area (Å²) >= 11 is 8.16. The van der Waals surface area contributed by atoms with Crippen LogP contribution in [0.5, 0.6) is 0 Å². The summed E-state index contributed by atoms with van der Waals surface area (Å²) < 4.78 is 3.21. The highest BCUT2D eigenvalue weighted by Crippen LogP contribution is 2.55. The van der Waals surface area contributed by atoms with Crippen molar-refractivity contribution >= 4 is 54.7 Å². The third kappa shape index (κ3) is 1.78. The van der Waals surface area contributed by atoms with Crippen LogP contribution < -0.4 is 0 Å². The highest BCUT2D eigenvalue weighted by Gasteiger charge is 2.29. The van der Waals surface area contributed by atoms with E-state index in [1.165, 1.54) is 35.4 Å². The molecule has 4 aromatic rings. The summed E-state index contributed by atoms with van der Waals surface area (Å²) in [6, 6.07) is 4.82. The Hall–Kier alpha value is -0.940. The molecule has 0 atom stereocenters. The fraction of sp³-hybridized carbons (Fsp3) is 0.300. The topological polar surface area (TPSA) is 0 Å². The van der Waals surface area contributed by atoms with E-state index in [2.05, 4.69) is 48.7 Å². The molecule has 0 unspecified atom stereocenters. The minimum atomic E-state index is 1.23. The van der Waals surface area contributed by atoms with Gasteiger partial charge in [0.25, 0.3) is 0 Å². The van der Waals surface area contributed by atoms with Gasteiger partial charge in [0.2, 0.25) is 0 Å². The Balaban J connectivity index is 1.64. The zero-order chi connectivity index (χ0) is 16.0. The quantitative estimate of drug-likeness (QED) is 0.300. The van der Waals surface area contributed by atoms with Crippen molar-refractivity contribution in [1.29, 1.82) is 0 Å². The first-order valence-corrected chi connectivity index (χ1v) is 11.7. The number of fused-ring (bicyclic) bond motifs is 9. The molecule has 2 aliphatic carbocycles. The van der Waals surface area contributed by atoms with Gasteiger partial charge in [-0.05, 0) is 73.9 Å². The van der Waals surface area contributed by atoms with Gasteiger partial charge in [0.1, 0.15) is 0 Å². The van der Waals surface area contributed by atoms with E-state index < -0.39 is 0 Å². The van der Waals surface area contributed by atoms with E-state index in [1.807, 2.05) is 22.7 Å². The van der Waals surface area contributed by atoms with E-state index >= 15 is 0 Å². The number of thiophene rings is 4. The average Bonchev–Trinajstić information content (AvgIpc) is 3.25. The number of aryl methyl sites for hydroxylation is 6. The summed E-state index contributed by atoms with van der Waals surface area (Å²) in [5.41, 5.74) is 6.48. The Bertz CT molecular complexity index is 1040. The molecule has 2 aliphatic rings. The molecule has 0 spiro atoms. The Labute approximate surface area is 157 Å². The highest BCUT2D eigenvalue weighted by atomic mass is 32.1. The van der Waals surface area contributed by atoms with Crippen molar-refractivity contribution in [3.63, 3.8) is 0 Å². The summed E-state index contributed by atoms with van der Waals surface area (Å²) in [6.07, 6.45) is 4.91. The van der Waals surface area contributed by atoms with Crippen LogP contribution in [0.25, 0.3) is 28.9 Å². The van der Waals surface area contributed by atoms with Gasteiger partial charge in [-0.1, -0.05) is 0 Å². The lowest BCUT2D eigenvalue weighted by molar-refractivity contribution is 0.964. The third-order valence-corrected chi connectivity index (χ3v) is 10.5. The summed E-state index contributed by atoms with van der Waals surface area (Å²) in [5.74, 6) is 0. The predicted octanol–water partition coefficient (Wildman–Crippen LogP) is 7.23. The van der Waals surface area contributed by atoms with Crippen molar-refractivity contribution in [3.05, 3.63) is 44.1 Å². The molecule has 0 radical (unpaired) electrons. The van der Waals surface area contributed by atoms with Crippen LogP contribution >= 0.6 is 45.3 Å². The second-order valence-corrected chi connectivity index (χ2v) is 11.5. The number of rotatable bonds is 0. The van der Waals surface area contributed by atoms with Gasteiger partial charge in [-0.25, -0.2) is 0 Å². The first kappa shape index (κ1) is 14.3. The fourth-order valence-corrected chi connectivity index (χ4v) is 9.79. The molecule has 0 fully saturated rings. The van der Waals surface area contributed by atoms with Crippen molar-refractivity contribution in [1.82, 2.24) is 0 Å². The molecule has 0 N–H and O–H groups in total. The van der Waals surface area contributed by atoms with Gasteiger partial charge >= 0.3 is 0 Å². The SMILES string of the molecule is Cc1cc2c(s1)-c1sc3c4c(sc3c1CC2)-c1sc(C)cc1CC4. The molecule has 120 valence electrons. The molecule has 6 rings (SSSR count). The molecular weight excluding hydrogens is 368 g/mol. The monoisotopic (exact) mass is 384 g/mol. The molecule has 0 saturated carbocycles. The maximum absolute atomic E-state index is 2.41. The molecule has 0 bridgehead atoms. The summed E-state index contributed by atoms with van der Waals surface area (Å²) in [6.45, 7) is 4.50. The van der Waals surface area contributed by atoms with Crippen LogP contribution in [-0.2, 0) is 25.7 Å². The molecule has 4 heterocycles. The van der Waals surface area contributed by atoms with Crippen LogP contribution in [0.4, 0.5) is 0 Å². The highest BCUT2D eigenvalue weighted by molar-refractivity contribution is 7.34. The van der Waals surface area contributed by atoms with Crippen LogP contribution in [0.1, 0.15) is 32.0 Å². The van der Waals surface area contributed by atoms with Crippen LogP contribution in [0.3, 0.4) is 0 Å². The molecule has 24 heavy (non-hydrogen) atoms. The Kier molecular flexibility index (Phi) is 2.86. The third-order valence-electron chi connectivity index (χ3n) is 5.28. The van der Waals surface area contributed by atoms with Crippen molar-refractivity contribution in [2.75, 3.05) is 0 Å². The van der Waals surface area contributed by atoms with Gasteiger partial charge in [0.05, 0.1) is 0 Å². The second kappa shape index (κ2) is 4.82. The van der Waals surface area contributed by atoms with Gasteiger partial charge in [-0.2, -0.15) is 0 Å². The molecule has 4 aromatic heterocycles. The lowest BCUT2D eigenvalue weighted by Crippen LogP contribution is -1.97. The average molecular weight is 385 g/mol. The molecule has 4 heteroatoms. The Morgan fingerprint density at radius 1 is 0.583 bits per heavy atom. The lowest BCUT2D eigenvalue weighted by atomic mass is 9.95. The summed E-state index contributed by atoms with van der Waals surface area (Å²) in [7, 11) is 0. The van der Waals surface area contributed by atoms with Crippen molar-refractivity contribution in [2.24, 2.45) is 0 Å². The largest absolute Gasteiger partial charge is 0.139 e. The minimum Gasteiger partial charge on any atom is -0.139 e. The van der Waals surface area contributed by atoms with E-state index in [4.69, 9.17) is 0 Å². The second-order valence-electron chi connectivity index (χ2n) is 6.90. The van der Waals surface area contributed by atoms with E-state index in [0.29, 0.717) is 0 Å². The zero-order valence-corrected chi connectivity index (χ0v) is 16.9. The van der Waals surface area contributed by atoms with E-state index in [9.17, 15) is 0 Å². The number of hydrogen-bond acceptors (Lipinski definition) is 4. The smallest absolute Gasteiger partial charge is 0.0499 e. The van der Waals surface area contributed by atoms with Crippen molar-refractivity contribution in [2.45, 2.75) is 39.5 Å². The van der Waals surface area contributed by atoms with E-state index in [0.717, 1.165) is 0 Å². The molecule has 0 aliphatic heterocycles. The fourth-order valence-electron chi connectivity index (χ4n) is 4.25. The predicted molar refractivity (Wildman–Crippen MR) is 111 cm³/mol. The maximum Gasteiger partial charge on any atom is 0.0499 e. The van der Waals surface area contributed by atoms with E-state index in [1.54, 1.807) is 51.2 Å². The van der Waals surface area contributed by atoms with Crippen molar-refractivity contribution < 1.29 is 0 Å². The zero-order valence-electron chi connectivity index (χ0n) is 13.6. The van der Waals surface area contributed by atoms with Crippen LogP contribution in [0, 0.1) is 13.8 Å². The van der Waals surface area contributed by atoms with Gasteiger partial charge in [0.15, 0.2) is 0 Å². The van der Waals surface area contributed by atoms with Crippen LogP contribution in [0.15, 0.2) is 12.1 Å². The Morgan fingerprint density at radius 2 is 1.04 bits per heavy atom. The minimum absolute atomic E-state index is 1.23. The molecule has 0 amide bonds. The van der Waals surface area contributed by atoms with Gasteiger partial charge in [-0.3, -0.25) is 0 Å². The van der Waals surface area contributed by atoms with Gasteiger partial charge < -0.3 is 0 Å². The van der Waals surface area contributed by atoms with Crippen LogP contribution in [-0.4, -0.2) is 0 Å². The number of hydrogen-bond donors (Lipinski definition) is 0. The first-order chi connectivity index (χ1) is 11.7. The Morgan fingerprint density at radius 3 is 1.50 bits per heavy atom. The van der Waals surface area contributed by atoms with Crippen molar-refractivity contribution in [3.8, 4) is 19.5 Å². The summed E-state index contributed by atoms with van der Waals surface area (Å²) in [4.78, 5) is 9.24. The van der Waals surface area contributed by atoms with Crippen LogP contribution in [0.2, 0.25) is 0 Å². The molecular formula is C20H16S4. The summed E-state index contributed by atoms with van der Waals surface area (Å²) in [5, 5.41) is 0. The first-order valence-electron chi connectivity index (χ1n) is 8.45. The normalized spacial score (nSPS) is 15.2.